The summed E-state index contributed by atoms with van der Waals surface area (Å²) in [4.78, 5) is 71.4. The number of aliphatic hydroxyl groups is 1. The Balaban J connectivity index is 1.25. The van der Waals surface area contributed by atoms with E-state index in [4.69, 9.17) is 0 Å². The van der Waals surface area contributed by atoms with Crippen LogP contribution in [-0.2, 0) is 19.2 Å². The third kappa shape index (κ3) is 5.84. The van der Waals surface area contributed by atoms with Crippen LogP contribution in [-0.4, -0.2) is 82.2 Å². The summed E-state index contributed by atoms with van der Waals surface area (Å²) in [6.45, 7) is 4.16. The highest BCUT2D eigenvalue weighted by atomic mass is 19.1. The second-order valence-corrected chi connectivity index (χ2v) is 13.8. The number of carbonyl (C=O) groups is 5. The fourth-order valence-corrected chi connectivity index (χ4v) is 8.09. The van der Waals surface area contributed by atoms with E-state index in [2.05, 4.69) is 34.8 Å². The van der Waals surface area contributed by atoms with Gasteiger partial charge in [0.1, 0.15) is 30.2 Å². The Morgan fingerprint density at radius 3 is 2.53 bits per heavy atom. The zero-order valence-corrected chi connectivity index (χ0v) is 25.7. The molecule has 11 nitrogen and oxygen atoms in total. The number of piperidine rings is 1. The number of hydrogen-bond donors (Lipinski definition) is 5. The van der Waals surface area contributed by atoms with Crippen molar-refractivity contribution in [3.63, 3.8) is 0 Å². The first kappa shape index (κ1) is 31.2. The molecule has 12 heteroatoms. The van der Waals surface area contributed by atoms with Crippen molar-refractivity contribution in [3.05, 3.63) is 35.8 Å². The maximum atomic E-state index is 14.4. The van der Waals surface area contributed by atoms with Gasteiger partial charge in [0, 0.05) is 29.9 Å². The van der Waals surface area contributed by atoms with E-state index in [0.717, 1.165) is 32.1 Å². The summed E-state index contributed by atoms with van der Waals surface area (Å²) in [5.41, 5.74) is 0.421. The fraction of sp³-hybridized carbons (Fsp3) is 0.606. The molecule has 0 unspecified atom stereocenters. The lowest BCUT2D eigenvalue weighted by Crippen LogP contribution is -2.59. The lowest BCUT2D eigenvalue weighted by molar-refractivity contribution is -0.144. The Morgan fingerprint density at radius 2 is 1.87 bits per heavy atom. The molecule has 0 bridgehead atoms. The Bertz CT molecular complexity index is 1520. The van der Waals surface area contributed by atoms with Gasteiger partial charge in [-0.05, 0) is 67.1 Å². The van der Waals surface area contributed by atoms with Gasteiger partial charge in [0.2, 0.25) is 17.7 Å². The van der Waals surface area contributed by atoms with E-state index in [-0.39, 0.29) is 52.5 Å². The highest BCUT2D eigenvalue weighted by molar-refractivity contribution is 6.01. The maximum Gasteiger partial charge on any atom is 0.268 e. The van der Waals surface area contributed by atoms with Crippen molar-refractivity contribution in [1.29, 1.82) is 0 Å². The number of nitrogens with one attached hydrogen (secondary N) is 4. The highest BCUT2D eigenvalue weighted by Gasteiger charge is 2.69. The molecule has 4 amide bonds. The van der Waals surface area contributed by atoms with Crippen LogP contribution in [0.1, 0.15) is 69.3 Å². The molecule has 6 atom stereocenters. The monoisotopic (exact) mass is 623 g/mol. The second kappa shape index (κ2) is 12.2. The van der Waals surface area contributed by atoms with Crippen LogP contribution in [0.25, 0.3) is 10.9 Å². The third-order valence-electron chi connectivity index (χ3n) is 10.8. The smallest absolute Gasteiger partial charge is 0.268 e. The molecule has 2 saturated carbocycles. The lowest BCUT2D eigenvalue weighted by atomic mass is 9.83. The molecule has 3 heterocycles. The minimum Gasteiger partial charge on any atom is -0.389 e. The molecule has 2 aliphatic carbocycles. The van der Waals surface area contributed by atoms with Crippen molar-refractivity contribution in [2.45, 2.75) is 76.9 Å². The van der Waals surface area contributed by atoms with E-state index < -0.39 is 54.1 Å². The number of aromatic amines is 1. The van der Waals surface area contributed by atoms with Gasteiger partial charge in [-0.2, -0.15) is 0 Å². The van der Waals surface area contributed by atoms with Gasteiger partial charge >= 0.3 is 0 Å². The Kier molecular flexibility index (Phi) is 8.45. The second-order valence-electron chi connectivity index (χ2n) is 13.8. The molecule has 1 aromatic carbocycles. The van der Waals surface area contributed by atoms with Crippen LogP contribution < -0.4 is 16.0 Å². The van der Waals surface area contributed by atoms with Crippen LogP contribution in [0, 0.1) is 34.9 Å². The van der Waals surface area contributed by atoms with Crippen molar-refractivity contribution < 1.29 is 33.5 Å². The number of aromatic nitrogens is 1. The molecule has 2 saturated heterocycles. The number of benzene rings is 1. The van der Waals surface area contributed by atoms with Crippen molar-refractivity contribution in [1.82, 2.24) is 25.8 Å². The van der Waals surface area contributed by atoms with Crippen LogP contribution in [0.3, 0.4) is 0 Å². The van der Waals surface area contributed by atoms with Gasteiger partial charge in [-0.15, -0.1) is 0 Å². The first-order chi connectivity index (χ1) is 21.5. The Morgan fingerprint density at radius 1 is 1.11 bits per heavy atom. The number of ketones is 1. The fourth-order valence-electron chi connectivity index (χ4n) is 8.09. The average molecular weight is 624 g/mol. The zero-order chi connectivity index (χ0) is 32.0. The molecule has 6 rings (SSSR count). The van der Waals surface area contributed by atoms with E-state index in [0.29, 0.717) is 25.0 Å². The Labute approximate surface area is 261 Å². The first-order valence-electron chi connectivity index (χ1n) is 16.1. The molecular formula is C33H42FN5O6. The number of hydrogen-bond acceptors (Lipinski definition) is 6. The molecule has 4 fully saturated rings. The van der Waals surface area contributed by atoms with Crippen molar-refractivity contribution >= 4 is 40.3 Å². The number of halogens is 1. The molecule has 242 valence electrons. The van der Waals surface area contributed by atoms with Gasteiger partial charge < -0.3 is 30.9 Å². The predicted octanol–water partition coefficient (Wildman–Crippen LogP) is 2.04. The number of rotatable bonds is 10. The number of nitrogens with zero attached hydrogens (tertiary/aromatic N) is 1. The number of carbonyl (C=O) groups excluding carboxylic acids is 5. The van der Waals surface area contributed by atoms with Crippen molar-refractivity contribution in [2.75, 3.05) is 19.7 Å². The molecule has 2 aliphatic heterocycles. The largest absolute Gasteiger partial charge is 0.389 e. The summed E-state index contributed by atoms with van der Waals surface area (Å²) < 4.78 is 14.4. The van der Waals surface area contributed by atoms with Gasteiger partial charge in [-0.3, -0.25) is 24.0 Å². The van der Waals surface area contributed by atoms with Gasteiger partial charge in [0.05, 0.1) is 6.04 Å². The summed E-state index contributed by atoms with van der Waals surface area (Å²) in [7, 11) is 0. The van der Waals surface area contributed by atoms with Crippen LogP contribution in [0.4, 0.5) is 4.39 Å². The first-order valence-corrected chi connectivity index (χ1v) is 16.1. The maximum absolute atomic E-state index is 14.4. The van der Waals surface area contributed by atoms with Gasteiger partial charge in [0.15, 0.2) is 5.78 Å². The highest BCUT2D eigenvalue weighted by Crippen LogP contribution is 2.65. The molecule has 0 radical (unpaired) electrons. The van der Waals surface area contributed by atoms with Gasteiger partial charge in [0.25, 0.3) is 5.91 Å². The number of H-pyrrole nitrogens is 1. The van der Waals surface area contributed by atoms with E-state index in [1.807, 2.05) is 0 Å². The molecule has 45 heavy (non-hydrogen) atoms. The standard InChI is InChI=1S/C33H42FN5O6/c1-33(2)20-15-39(28(26(20)33)31(44)37-23(25(41)16-40)13-18-11-12-35-29(18)42)32(45)27(17-7-4-3-5-8-17)38-30(43)24-14-19-21(34)9-6-10-22(19)36-24/h6,9-10,14,17-18,20,23,26-28,36,40H,3-5,7-8,11-13,15-16H2,1-2H3,(H,35,42)(H,37,44)(H,38,43)/t18-,20-,23-,26-,27-,28-/m0/s1. The predicted molar refractivity (Wildman–Crippen MR) is 162 cm³/mol. The van der Waals surface area contributed by atoms with Crippen molar-refractivity contribution in [2.24, 2.45) is 29.1 Å². The summed E-state index contributed by atoms with van der Waals surface area (Å²) in [6.07, 6.45) is 4.98. The lowest BCUT2D eigenvalue weighted by Gasteiger charge is -2.37. The minimum atomic E-state index is -1.06. The summed E-state index contributed by atoms with van der Waals surface area (Å²) in [5.74, 6) is -3.25. The summed E-state index contributed by atoms with van der Waals surface area (Å²) in [6, 6.07) is 3.17. The van der Waals surface area contributed by atoms with Crippen LogP contribution in [0.5, 0.6) is 0 Å². The normalized spacial score (nSPS) is 27.0. The van der Waals surface area contributed by atoms with E-state index in [1.54, 1.807) is 17.0 Å². The topological polar surface area (TPSA) is 161 Å². The van der Waals surface area contributed by atoms with E-state index in [1.165, 1.54) is 12.1 Å². The molecule has 0 spiro atoms. The third-order valence-corrected chi connectivity index (χ3v) is 10.8. The van der Waals surface area contributed by atoms with E-state index in [9.17, 15) is 33.5 Å². The summed E-state index contributed by atoms with van der Waals surface area (Å²) in [5, 5.41) is 18.4. The van der Waals surface area contributed by atoms with Crippen LogP contribution in [0.2, 0.25) is 0 Å². The SMILES string of the molecule is CC1(C)[C@@H]2[C@@H](C(=O)N[C@@H](C[C@@H]3CCNC3=O)C(=O)CO)N(C(=O)[C@@H](NC(=O)c3cc4c(F)cccc4[nH]3)C3CCCCC3)C[C@@H]21. The van der Waals surface area contributed by atoms with Crippen molar-refractivity contribution in [3.8, 4) is 0 Å². The number of aliphatic hydroxyl groups excluding tert-OH is 1. The quantitative estimate of drug-likeness (QED) is 0.272. The van der Waals surface area contributed by atoms with Crippen LogP contribution >= 0.6 is 0 Å². The minimum absolute atomic E-state index is 0.0704. The zero-order valence-electron chi connectivity index (χ0n) is 25.7. The van der Waals surface area contributed by atoms with E-state index >= 15 is 0 Å². The number of fused-ring (bicyclic) bond motifs is 2. The molecular weight excluding hydrogens is 581 g/mol. The van der Waals surface area contributed by atoms with Crippen LogP contribution in [0.15, 0.2) is 24.3 Å². The number of amides is 4. The average Bonchev–Trinajstić information content (AvgIpc) is 3.55. The van der Waals surface area contributed by atoms with Gasteiger partial charge in [-0.1, -0.05) is 39.2 Å². The van der Waals surface area contributed by atoms with Gasteiger partial charge in [-0.25, -0.2) is 4.39 Å². The molecule has 5 N–H and O–H groups in total. The molecule has 1 aromatic heterocycles. The molecule has 4 aliphatic rings. The Hall–Kier alpha value is -3.80. The number of likely N-dealkylation sites (tertiary alicyclic amines) is 1. The summed E-state index contributed by atoms with van der Waals surface area (Å²) >= 11 is 0. The number of Topliss-reactive ketones (excluding diaryl/α,β-unsaturated/α-hetero) is 1. The molecule has 2 aromatic rings.